The summed E-state index contributed by atoms with van der Waals surface area (Å²) >= 11 is 0. The predicted molar refractivity (Wildman–Crippen MR) is 177 cm³/mol. The van der Waals surface area contributed by atoms with Crippen LogP contribution in [-0.2, 0) is 17.0 Å². The van der Waals surface area contributed by atoms with E-state index in [2.05, 4.69) is 30.7 Å². The molecule has 0 fully saturated rings. The molecule has 0 N–H and O–H groups in total. The van der Waals surface area contributed by atoms with E-state index >= 15 is 0 Å². The van der Waals surface area contributed by atoms with E-state index in [1.807, 2.05) is 0 Å². The number of halogens is 9. The molecule has 12 nitrogen and oxygen atoms in total. The Morgan fingerprint density at radius 2 is 0.509 bits per heavy atom. The van der Waals surface area contributed by atoms with Gasteiger partial charge in [-0.05, 0) is 36.4 Å². The summed E-state index contributed by atoms with van der Waals surface area (Å²) in [4.78, 5) is 0. The van der Waals surface area contributed by atoms with Crippen LogP contribution in [0.25, 0.3) is 0 Å². The maximum absolute atomic E-state index is 13.3. The van der Waals surface area contributed by atoms with E-state index in [9.17, 15) is 39.5 Å². The van der Waals surface area contributed by atoms with Crippen molar-refractivity contribution >= 4 is 0 Å². The number of rotatable bonds is 18. The van der Waals surface area contributed by atoms with Crippen molar-refractivity contribution in [2.24, 2.45) is 30.7 Å². The molecule has 3 aliphatic heterocycles. The van der Waals surface area contributed by atoms with Crippen LogP contribution in [0.4, 0.5) is 39.5 Å². The number of nitrogens with zero attached hydrogens (tertiary/aromatic N) is 6. The molecule has 4 aromatic carbocycles. The van der Waals surface area contributed by atoms with Crippen LogP contribution in [0.2, 0.25) is 0 Å². The number of benzene rings is 4. The van der Waals surface area contributed by atoms with Crippen LogP contribution >= 0.6 is 0 Å². The number of ether oxygens (including phenoxy) is 6. The first-order valence-electron chi connectivity index (χ1n) is 16.8. The minimum atomic E-state index is -4.66. The molecule has 0 unspecified atom stereocenters. The van der Waals surface area contributed by atoms with Gasteiger partial charge in [0, 0.05) is 34.9 Å². The molecule has 7 rings (SSSR count). The molecule has 0 aromatic heterocycles. The van der Waals surface area contributed by atoms with E-state index in [4.69, 9.17) is 28.4 Å². The molecule has 0 saturated carbocycles. The largest absolute Gasteiger partial charge is 0.490 e. The van der Waals surface area contributed by atoms with Gasteiger partial charge in [0.05, 0.1) is 0 Å². The molecule has 0 saturated heterocycles. The molecular formula is C36H27F9N6O6. The lowest BCUT2D eigenvalue weighted by atomic mass is 10.0. The second-order valence-electron chi connectivity index (χ2n) is 12.4. The Kier molecular flexibility index (Phi) is 10.1. The second-order valence-corrected chi connectivity index (χ2v) is 12.4. The van der Waals surface area contributed by atoms with Gasteiger partial charge in [-0.2, -0.15) is 39.5 Å². The molecule has 300 valence electrons. The quantitative estimate of drug-likeness (QED) is 0.0727. The van der Waals surface area contributed by atoms with Crippen molar-refractivity contribution in [3.05, 3.63) is 108 Å². The Bertz CT molecular complexity index is 1870. The van der Waals surface area contributed by atoms with Crippen LogP contribution in [0, 0.1) is 0 Å². The van der Waals surface area contributed by atoms with Crippen LogP contribution < -0.4 is 28.4 Å². The van der Waals surface area contributed by atoms with E-state index < -0.39 is 35.5 Å². The first-order valence-corrected chi connectivity index (χ1v) is 16.8. The topological polar surface area (TPSA) is 130 Å². The molecule has 3 aliphatic rings. The molecular weight excluding hydrogens is 783 g/mol. The Labute approximate surface area is 315 Å². The highest BCUT2D eigenvalue weighted by molar-refractivity contribution is 5.42. The lowest BCUT2D eigenvalue weighted by Gasteiger charge is -2.16. The highest BCUT2D eigenvalue weighted by Crippen LogP contribution is 2.54. The fourth-order valence-electron chi connectivity index (χ4n) is 5.43. The van der Waals surface area contributed by atoms with Crippen LogP contribution in [0.15, 0.2) is 122 Å². The molecule has 57 heavy (non-hydrogen) atoms. The highest BCUT2D eigenvalue weighted by Gasteiger charge is 2.66. The molecule has 0 spiro atoms. The minimum absolute atomic E-state index is 0.00238. The van der Waals surface area contributed by atoms with Gasteiger partial charge in [-0.15, -0.1) is 30.7 Å². The summed E-state index contributed by atoms with van der Waals surface area (Å²) < 4.78 is 154. The van der Waals surface area contributed by atoms with Crippen LogP contribution in [-0.4, -0.2) is 58.2 Å². The molecule has 4 aromatic rings. The summed E-state index contributed by atoms with van der Waals surface area (Å²) in [6, 6.07) is 20.1. The maximum Gasteiger partial charge on any atom is 0.442 e. The molecule has 0 aliphatic carbocycles. The number of hydrogen-bond acceptors (Lipinski definition) is 12. The first kappa shape index (κ1) is 39.1. The summed E-state index contributed by atoms with van der Waals surface area (Å²) in [6.45, 7) is -0.0298. The van der Waals surface area contributed by atoms with E-state index in [0.717, 1.165) is 0 Å². The molecule has 3 heterocycles. The van der Waals surface area contributed by atoms with Gasteiger partial charge in [0.1, 0.15) is 74.1 Å². The Morgan fingerprint density at radius 3 is 0.684 bits per heavy atom. The molecule has 0 atom stereocenters. The fraction of sp³-hybridized carbons (Fsp3) is 0.333. The third kappa shape index (κ3) is 8.36. The van der Waals surface area contributed by atoms with Crippen molar-refractivity contribution in [1.82, 2.24) is 0 Å². The van der Waals surface area contributed by atoms with Crippen molar-refractivity contribution in [1.29, 1.82) is 0 Å². The smallest absolute Gasteiger partial charge is 0.442 e. The molecule has 0 radical (unpaired) electrons. The van der Waals surface area contributed by atoms with Crippen molar-refractivity contribution in [3.8, 4) is 34.5 Å². The second kappa shape index (κ2) is 14.7. The van der Waals surface area contributed by atoms with Gasteiger partial charge in [-0.25, -0.2) is 0 Å². The summed E-state index contributed by atoms with van der Waals surface area (Å²) in [5, 5.41) is 19.0. The predicted octanol–water partition coefficient (Wildman–Crippen LogP) is 9.60. The molecule has 0 amide bonds. The van der Waals surface area contributed by atoms with Gasteiger partial charge < -0.3 is 28.4 Å². The zero-order chi connectivity index (χ0) is 40.5. The standard InChI is InChI=1S/C36H27F9N6O6/c37-34(38,39)31(46-47-31)22-1-7-25(8-2-22)52-13-16-55-28-19-29(56-17-14-53-26-9-3-23(4-10-26)32(48-49-32)35(40,41)42)21-30(20-28)57-18-15-54-27-11-5-24(6-12-27)33(50-51-33)36(43,44)45/h1-12,19-21H,13-18H2. The van der Waals surface area contributed by atoms with Crippen molar-refractivity contribution in [3.63, 3.8) is 0 Å². The zero-order valence-corrected chi connectivity index (χ0v) is 28.9. The Morgan fingerprint density at radius 1 is 0.316 bits per heavy atom. The first-order chi connectivity index (χ1) is 27.0. The van der Waals surface area contributed by atoms with Crippen LogP contribution in [0.5, 0.6) is 34.5 Å². The van der Waals surface area contributed by atoms with E-state index in [-0.39, 0.29) is 90.8 Å². The van der Waals surface area contributed by atoms with Gasteiger partial charge in [-0.1, -0.05) is 36.4 Å². The van der Waals surface area contributed by atoms with Gasteiger partial charge in [-0.3, -0.25) is 0 Å². The normalized spacial score (nSPS) is 16.8. The average Bonchev–Trinajstić information content (AvgIpc) is 4.02. The zero-order valence-electron chi connectivity index (χ0n) is 28.9. The lowest BCUT2D eigenvalue weighted by Crippen LogP contribution is -2.29. The van der Waals surface area contributed by atoms with E-state index in [0.29, 0.717) is 0 Å². The van der Waals surface area contributed by atoms with E-state index in [1.54, 1.807) is 18.2 Å². The third-order valence-electron chi connectivity index (χ3n) is 8.57. The highest BCUT2D eigenvalue weighted by atomic mass is 19.4. The minimum Gasteiger partial charge on any atom is -0.490 e. The summed E-state index contributed by atoms with van der Waals surface area (Å²) in [5.41, 5.74) is -8.07. The summed E-state index contributed by atoms with van der Waals surface area (Å²) in [5.74, 6) is 1.68. The summed E-state index contributed by atoms with van der Waals surface area (Å²) in [6.07, 6.45) is -14.0. The number of hydrogen-bond donors (Lipinski definition) is 0. The van der Waals surface area contributed by atoms with Gasteiger partial charge in [0.15, 0.2) is 0 Å². The lowest BCUT2D eigenvalue weighted by molar-refractivity contribution is -0.166. The molecule has 0 bridgehead atoms. The average molecular weight is 811 g/mol. The van der Waals surface area contributed by atoms with Gasteiger partial charge in [0.2, 0.25) is 0 Å². The monoisotopic (exact) mass is 810 g/mol. The van der Waals surface area contributed by atoms with Crippen LogP contribution in [0.3, 0.4) is 0 Å². The number of alkyl halides is 9. The summed E-state index contributed by atoms with van der Waals surface area (Å²) in [7, 11) is 0. The Balaban J connectivity index is 0.921. The van der Waals surface area contributed by atoms with Crippen molar-refractivity contribution in [2.75, 3.05) is 39.6 Å². The molecule has 21 heteroatoms. The van der Waals surface area contributed by atoms with Crippen LogP contribution in [0.1, 0.15) is 16.7 Å². The van der Waals surface area contributed by atoms with Gasteiger partial charge in [0.25, 0.3) is 0 Å². The Hall–Kier alpha value is -6.15. The maximum atomic E-state index is 13.3. The SMILES string of the molecule is FC(F)(F)C1(c2ccc(OCCOc3cc(OCCOc4ccc(C5(C(F)(F)F)N=N5)cc4)cc(OCCOc4ccc(C5(C(F)(F)F)N=N5)cc4)c3)cc2)N=N1. The van der Waals surface area contributed by atoms with Crippen molar-refractivity contribution in [2.45, 2.75) is 35.5 Å². The van der Waals surface area contributed by atoms with E-state index in [1.165, 1.54) is 72.8 Å². The third-order valence-corrected chi connectivity index (χ3v) is 8.57. The van der Waals surface area contributed by atoms with Gasteiger partial charge >= 0.3 is 35.5 Å². The van der Waals surface area contributed by atoms with Crippen molar-refractivity contribution < 1.29 is 67.9 Å². The fourth-order valence-corrected chi connectivity index (χ4v) is 5.43.